The highest BCUT2D eigenvalue weighted by molar-refractivity contribution is 5.90. The van der Waals surface area contributed by atoms with Crippen LogP contribution in [0.5, 0.6) is 5.75 Å². The fourth-order valence-electron chi connectivity index (χ4n) is 3.35. The number of benzene rings is 1. The number of aromatic amines is 1. The van der Waals surface area contributed by atoms with Gasteiger partial charge in [0, 0.05) is 26.1 Å². The van der Waals surface area contributed by atoms with Crippen molar-refractivity contribution in [3.63, 3.8) is 0 Å². The Morgan fingerprint density at radius 2 is 2.30 bits per heavy atom. The van der Waals surface area contributed by atoms with Crippen molar-refractivity contribution in [3.05, 3.63) is 42.0 Å². The molecule has 1 saturated heterocycles. The summed E-state index contributed by atoms with van der Waals surface area (Å²) in [6.07, 6.45) is 4.53. The Bertz CT molecular complexity index is 762. The molecule has 1 fully saturated rings. The number of carbonyl (C=O) groups excluding carboxylic acids is 2. The molecule has 8 heteroatoms. The third kappa shape index (κ3) is 5.29. The van der Waals surface area contributed by atoms with Gasteiger partial charge in [0.1, 0.15) is 12.1 Å². The molecule has 144 valence electrons. The van der Waals surface area contributed by atoms with E-state index in [9.17, 15) is 9.59 Å². The number of piperidine rings is 1. The number of likely N-dealkylation sites (tertiary alicyclic amines) is 1. The highest BCUT2D eigenvalue weighted by Gasteiger charge is 2.26. The highest BCUT2D eigenvalue weighted by Crippen LogP contribution is 2.22. The van der Waals surface area contributed by atoms with E-state index in [-0.39, 0.29) is 17.6 Å². The quantitative estimate of drug-likeness (QED) is 0.772. The fraction of sp³-hybridized carbons (Fsp3) is 0.474. The van der Waals surface area contributed by atoms with Crippen LogP contribution < -0.4 is 10.1 Å². The zero-order chi connectivity index (χ0) is 19.1. The lowest BCUT2D eigenvalue weighted by Crippen LogP contribution is -2.40. The SMILES string of the molecule is COc1cccc(CNC(=O)CC[C@H]2CCCN(C(=O)c3ncn[nH]3)C2)c1. The van der Waals surface area contributed by atoms with Gasteiger partial charge in [0.2, 0.25) is 11.7 Å². The number of nitrogens with one attached hydrogen (secondary N) is 2. The summed E-state index contributed by atoms with van der Waals surface area (Å²) in [5, 5.41) is 9.29. The number of amides is 2. The number of carbonyl (C=O) groups is 2. The smallest absolute Gasteiger partial charge is 0.291 e. The number of aromatic nitrogens is 3. The molecule has 2 amide bonds. The molecule has 0 aliphatic carbocycles. The summed E-state index contributed by atoms with van der Waals surface area (Å²) in [5.41, 5.74) is 1.00. The molecule has 0 radical (unpaired) electrons. The minimum absolute atomic E-state index is 0.0245. The summed E-state index contributed by atoms with van der Waals surface area (Å²) in [5.74, 6) is 1.27. The molecule has 1 atom stereocenters. The van der Waals surface area contributed by atoms with Crippen LogP contribution >= 0.6 is 0 Å². The molecule has 3 rings (SSSR count). The maximum Gasteiger partial charge on any atom is 0.291 e. The van der Waals surface area contributed by atoms with Gasteiger partial charge in [0.25, 0.3) is 5.91 Å². The molecule has 0 unspecified atom stereocenters. The van der Waals surface area contributed by atoms with Crippen LogP contribution in [-0.2, 0) is 11.3 Å². The Morgan fingerprint density at radius 1 is 1.41 bits per heavy atom. The van der Waals surface area contributed by atoms with Crippen LogP contribution in [0.25, 0.3) is 0 Å². The van der Waals surface area contributed by atoms with Crippen molar-refractivity contribution in [1.29, 1.82) is 0 Å². The van der Waals surface area contributed by atoms with Crippen LogP contribution in [0.1, 0.15) is 41.9 Å². The number of ether oxygens (including phenoxy) is 1. The number of hydrogen-bond donors (Lipinski definition) is 2. The number of rotatable bonds is 7. The van der Waals surface area contributed by atoms with E-state index in [1.807, 2.05) is 24.3 Å². The largest absolute Gasteiger partial charge is 0.497 e. The lowest BCUT2D eigenvalue weighted by molar-refractivity contribution is -0.121. The van der Waals surface area contributed by atoms with Gasteiger partial charge in [-0.05, 0) is 42.9 Å². The van der Waals surface area contributed by atoms with Gasteiger partial charge in [0.05, 0.1) is 7.11 Å². The van der Waals surface area contributed by atoms with E-state index in [2.05, 4.69) is 20.5 Å². The normalized spacial score (nSPS) is 16.8. The summed E-state index contributed by atoms with van der Waals surface area (Å²) in [6.45, 7) is 1.86. The number of hydrogen-bond acceptors (Lipinski definition) is 5. The summed E-state index contributed by atoms with van der Waals surface area (Å²) in [4.78, 5) is 30.2. The first kappa shape index (κ1) is 18.9. The van der Waals surface area contributed by atoms with Crippen molar-refractivity contribution < 1.29 is 14.3 Å². The Hall–Kier alpha value is -2.90. The molecule has 1 aliphatic heterocycles. The van der Waals surface area contributed by atoms with E-state index < -0.39 is 0 Å². The molecule has 27 heavy (non-hydrogen) atoms. The number of nitrogens with zero attached hydrogens (tertiary/aromatic N) is 3. The Labute approximate surface area is 158 Å². The molecule has 0 saturated carbocycles. The van der Waals surface area contributed by atoms with E-state index in [4.69, 9.17) is 4.74 Å². The predicted octanol–water partition coefficient (Wildman–Crippen LogP) is 1.76. The van der Waals surface area contributed by atoms with E-state index in [0.29, 0.717) is 25.4 Å². The van der Waals surface area contributed by atoms with Crippen LogP contribution in [-0.4, -0.2) is 52.1 Å². The molecule has 0 bridgehead atoms. The van der Waals surface area contributed by atoms with Crippen molar-refractivity contribution in [2.75, 3.05) is 20.2 Å². The zero-order valence-corrected chi connectivity index (χ0v) is 15.5. The van der Waals surface area contributed by atoms with Crippen LogP contribution in [0, 0.1) is 5.92 Å². The summed E-state index contributed by atoms with van der Waals surface area (Å²) in [6, 6.07) is 7.65. The molecular weight excluding hydrogens is 346 g/mol. The average molecular weight is 371 g/mol. The van der Waals surface area contributed by atoms with Gasteiger partial charge in [0.15, 0.2) is 0 Å². The van der Waals surface area contributed by atoms with Crippen molar-refractivity contribution in [2.45, 2.75) is 32.2 Å². The van der Waals surface area contributed by atoms with Crippen LogP contribution in [0.4, 0.5) is 0 Å². The van der Waals surface area contributed by atoms with Gasteiger partial charge in [-0.15, -0.1) is 0 Å². The van der Waals surface area contributed by atoms with E-state index in [1.165, 1.54) is 6.33 Å². The maximum atomic E-state index is 12.4. The second-order valence-corrected chi connectivity index (χ2v) is 6.76. The van der Waals surface area contributed by atoms with Gasteiger partial charge in [-0.2, -0.15) is 5.10 Å². The van der Waals surface area contributed by atoms with Crippen LogP contribution in [0.15, 0.2) is 30.6 Å². The first-order valence-corrected chi connectivity index (χ1v) is 9.20. The van der Waals surface area contributed by atoms with E-state index >= 15 is 0 Å². The molecular formula is C19H25N5O3. The average Bonchev–Trinajstić information content (AvgIpc) is 3.25. The van der Waals surface area contributed by atoms with E-state index in [1.54, 1.807) is 12.0 Å². The summed E-state index contributed by atoms with van der Waals surface area (Å²) < 4.78 is 5.19. The minimum atomic E-state index is -0.125. The van der Waals surface area contributed by atoms with Crippen LogP contribution in [0.3, 0.4) is 0 Å². The van der Waals surface area contributed by atoms with Gasteiger partial charge in [-0.3, -0.25) is 14.7 Å². The second kappa shape index (κ2) is 9.16. The van der Waals surface area contributed by atoms with Crippen molar-refractivity contribution in [2.24, 2.45) is 5.92 Å². The number of H-pyrrole nitrogens is 1. The van der Waals surface area contributed by atoms with E-state index in [0.717, 1.165) is 37.1 Å². The van der Waals surface area contributed by atoms with Crippen molar-refractivity contribution in [1.82, 2.24) is 25.4 Å². The molecule has 1 aromatic carbocycles. The molecule has 1 aromatic heterocycles. The second-order valence-electron chi connectivity index (χ2n) is 6.76. The van der Waals surface area contributed by atoms with Gasteiger partial charge in [-0.1, -0.05) is 12.1 Å². The molecule has 2 N–H and O–H groups in total. The zero-order valence-electron chi connectivity index (χ0n) is 15.5. The third-order valence-corrected chi connectivity index (χ3v) is 4.83. The summed E-state index contributed by atoms with van der Waals surface area (Å²) in [7, 11) is 1.62. The first-order valence-electron chi connectivity index (χ1n) is 9.20. The lowest BCUT2D eigenvalue weighted by atomic mass is 9.93. The van der Waals surface area contributed by atoms with Crippen LogP contribution in [0.2, 0.25) is 0 Å². The maximum absolute atomic E-state index is 12.4. The summed E-state index contributed by atoms with van der Waals surface area (Å²) >= 11 is 0. The monoisotopic (exact) mass is 371 g/mol. The Kier molecular flexibility index (Phi) is 6.40. The first-order chi connectivity index (χ1) is 13.2. The molecule has 0 spiro atoms. The van der Waals surface area contributed by atoms with Gasteiger partial charge < -0.3 is 15.0 Å². The van der Waals surface area contributed by atoms with Gasteiger partial charge >= 0.3 is 0 Å². The minimum Gasteiger partial charge on any atom is -0.497 e. The molecule has 2 aromatic rings. The molecule has 8 nitrogen and oxygen atoms in total. The predicted molar refractivity (Wildman–Crippen MR) is 99.1 cm³/mol. The topological polar surface area (TPSA) is 100 Å². The lowest BCUT2D eigenvalue weighted by Gasteiger charge is -2.32. The highest BCUT2D eigenvalue weighted by atomic mass is 16.5. The van der Waals surface area contributed by atoms with Crippen molar-refractivity contribution >= 4 is 11.8 Å². The molecule has 2 heterocycles. The third-order valence-electron chi connectivity index (χ3n) is 4.83. The standard InChI is InChI=1S/C19H25N5O3/c1-27-16-6-2-4-15(10-16)11-20-17(25)8-7-14-5-3-9-24(12-14)19(26)18-21-13-22-23-18/h2,4,6,10,13-14H,3,5,7-9,11-12H2,1H3,(H,20,25)(H,21,22,23)/t14-/m1/s1. The number of methoxy groups -OCH3 is 1. The Morgan fingerprint density at radius 3 is 3.07 bits per heavy atom. The van der Waals surface area contributed by atoms with Gasteiger partial charge in [-0.25, -0.2) is 4.98 Å². The molecule has 1 aliphatic rings. The Balaban J connectivity index is 1.42. The van der Waals surface area contributed by atoms with Crippen molar-refractivity contribution in [3.8, 4) is 5.75 Å². The fourth-order valence-corrected chi connectivity index (χ4v) is 3.35.